The van der Waals surface area contributed by atoms with Gasteiger partial charge < -0.3 is 15.1 Å². The molecule has 2 N–H and O–H groups in total. The number of aromatic hydroxyl groups is 1. The number of hydrogen-bond donors (Lipinski definition) is 2. The van der Waals surface area contributed by atoms with Gasteiger partial charge in [-0.15, -0.1) is 0 Å². The summed E-state index contributed by atoms with van der Waals surface area (Å²) in [5.74, 6) is -0.542. The minimum atomic E-state index is -0.803. The summed E-state index contributed by atoms with van der Waals surface area (Å²) in [6, 6.07) is 6.58. The monoisotopic (exact) mass is 277 g/mol. The summed E-state index contributed by atoms with van der Waals surface area (Å²) in [6.45, 7) is 1.23. The smallest absolute Gasteiger partial charge is 0.303 e. The Morgan fingerprint density at radius 3 is 2.60 bits per heavy atom. The van der Waals surface area contributed by atoms with Gasteiger partial charge in [0.15, 0.2) is 0 Å². The first-order chi connectivity index (χ1) is 9.54. The van der Waals surface area contributed by atoms with Gasteiger partial charge in [0.2, 0.25) is 5.91 Å². The van der Waals surface area contributed by atoms with Crippen molar-refractivity contribution in [2.45, 2.75) is 25.7 Å². The summed E-state index contributed by atoms with van der Waals surface area (Å²) in [5.41, 5.74) is 0.855. The zero-order valence-electron chi connectivity index (χ0n) is 11.3. The van der Waals surface area contributed by atoms with Crippen molar-refractivity contribution in [1.82, 2.24) is 4.90 Å². The van der Waals surface area contributed by atoms with Crippen molar-refractivity contribution in [3.05, 3.63) is 29.8 Å². The van der Waals surface area contributed by atoms with Gasteiger partial charge in [-0.25, -0.2) is 0 Å². The molecule has 1 fully saturated rings. The highest BCUT2D eigenvalue weighted by Gasteiger charge is 2.25. The van der Waals surface area contributed by atoms with E-state index in [0.29, 0.717) is 19.5 Å². The Morgan fingerprint density at radius 1 is 1.25 bits per heavy atom. The van der Waals surface area contributed by atoms with Crippen LogP contribution in [0.2, 0.25) is 0 Å². The molecule has 0 saturated carbocycles. The third-order valence-corrected chi connectivity index (χ3v) is 3.63. The zero-order chi connectivity index (χ0) is 14.5. The largest absolute Gasteiger partial charge is 0.508 e. The van der Waals surface area contributed by atoms with Gasteiger partial charge in [-0.2, -0.15) is 0 Å². The second-order valence-electron chi connectivity index (χ2n) is 5.29. The van der Waals surface area contributed by atoms with Crippen molar-refractivity contribution in [2.75, 3.05) is 13.1 Å². The first-order valence-corrected chi connectivity index (χ1v) is 6.82. The second-order valence-corrected chi connectivity index (χ2v) is 5.29. The summed E-state index contributed by atoms with van der Waals surface area (Å²) >= 11 is 0. The number of likely N-dealkylation sites (tertiary alicyclic amines) is 1. The number of nitrogens with zero attached hydrogens (tertiary/aromatic N) is 1. The lowest BCUT2D eigenvalue weighted by molar-refractivity contribution is -0.140. The Bertz CT molecular complexity index is 483. The van der Waals surface area contributed by atoms with E-state index in [1.807, 2.05) is 0 Å². The Hall–Kier alpha value is -2.04. The van der Waals surface area contributed by atoms with Crippen LogP contribution in [0.3, 0.4) is 0 Å². The fraction of sp³-hybridized carbons (Fsp3) is 0.467. The summed E-state index contributed by atoms with van der Waals surface area (Å²) in [7, 11) is 0. The Balaban J connectivity index is 1.91. The van der Waals surface area contributed by atoms with Crippen LogP contribution in [0.15, 0.2) is 24.3 Å². The molecule has 0 radical (unpaired) electrons. The van der Waals surface area contributed by atoms with Crippen LogP contribution in [0.1, 0.15) is 24.8 Å². The van der Waals surface area contributed by atoms with Crippen LogP contribution in [-0.2, 0) is 16.0 Å². The van der Waals surface area contributed by atoms with E-state index in [1.54, 1.807) is 29.2 Å². The highest BCUT2D eigenvalue weighted by Crippen LogP contribution is 2.20. The third-order valence-electron chi connectivity index (χ3n) is 3.63. The average molecular weight is 277 g/mol. The van der Waals surface area contributed by atoms with Crippen LogP contribution < -0.4 is 0 Å². The molecule has 108 valence electrons. The van der Waals surface area contributed by atoms with E-state index in [4.69, 9.17) is 5.11 Å². The predicted molar refractivity (Wildman–Crippen MR) is 73.4 cm³/mol. The molecule has 1 atom stereocenters. The first kappa shape index (κ1) is 14.4. The van der Waals surface area contributed by atoms with E-state index in [-0.39, 0.29) is 24.0 Å². The molecule has 1 saturated heterocycles. The van der Waals surface area contributed by atoms with Crippen molar-refractivity contribution in [3.63, 3.8) is 0 Å². The number of piperidine rings is 1. The van der Waals surface area contributed by atoms with Crippen LogP contribution in [0.5, 0.6) is 5.75 Å². The summed E-state index contributed by atoms with van der Waals surface area (Å²) in [4.78, 5) is 24.7. The lowest BCUT2D eigenvalue weighted by Gasteiger charge is -2.32. The Labute approximate surface area is 117 Å². The number of amides is 1. The van der Waals surface area contributed by atoms with Crippen LogP contribution in [0.25, 0.3) is 0 Å². The second kappa shape index (κ2) is 6.41. The molecular formula is C15H19NO4. The third kappa shape index (κ3) is 3.98. The van der Waals surface area contributed by atoms with E-state index >= 15 is 0 Å². The van der Waals surface area contributed by atoms with Gasteiger partial charge in [-0.05, 0) is 36.5 Å². The van der Waals surface area contributed by atoms with Gasteiger partial charge in [-0.1, -0.05) is 12.1 Å². The number of phenols is 1. The lowest BCUT2D eigenvalue weighted by atomic mass is 9.94. The van der Waals surface area contributed by atoms with E-state index in [9.17, 15) is 14.7 Å². The number of hydrogen-bond acceptors (Lipinski definition) is 3. The molecule has 1 aliphatic heterocycles. The molecule has 1 amide bonds. The van der Waals surface area contributed by atoms with Crippen molar-refractivity contribution in [1.29, 1.82) is 0 Å². The molecule has 0 aliphatic carbocycles. The van der Waals surface area contributed by atoms with Crippen LogP contribution in [0, 0.1) is 5.92 Å². The molecule has 5 nitrogen and oxygen atoms in total. The maximum atomic E-state index is 12.2. The highest BCUT2D eigenvalue weighted by atomic mass is 16.4. The van der Waals surface area contributed by atoms with Crippen molar-refractivity contribution >= 4 is 11.9 Å². The van der Waals surface area contributed by atoms with E-state index in [0.717, 1.165) is 18.4 Å². The Morgan fingerprint density at radius 2 is 1.95 bits per heavy atom. The summed E-state index contributed by atoms with van der Waals surface area (Å²) in [6.07, 6.45) is 2.15. The molecule has 5 heteroatoms. The maximum Gasteiger partial charge on any atom is 0.303 e. The van der Waals surface area contributed by atoms with Crippen LogP contribution in [0.4, 0.5) is 0 Å². The number of rotatable bonds is 4. The number of benzene rings is 1. The minimum absolute atomic E-state index is 0.0192. The van der Waals surface area contributed by atoms with E-state index in [1.165, 1.54) is 0 Å². The molecule has 2 rings (SSSR count). The number of carbonyl (C=O) groups is 2. The number of aliphatic carboxylic acids is 1. The fourth-order valence-electron chi connectivity index (χ4n) is 2.61. The quantitative estimate of drug-likeness (QED) is 0.877. The minimum Gasteiger partial charge on any atom is -0.508 e. The molecule has 1 aromatic rings. The van der Waals surface area contributed by atoms with Gasteiger partial charge in [0.1, 0.15) is 5.75 Å². The topological polar surface area (TPSA) is 77.8 Å². The van der Waals surface area contributed by atoms with E-state index < -0.39 is 5.97 Å². The van der Waals surface area contributed by atoms with Crippen molar-refractivity contribution in [3.8, 4) is 5.75 Å². The highest BCUT2D eigenvalue weighted by molar-refractivity contribution is 5.79. The van der Waals surface area contributed by atoms with Gasteiger partial charge in [-0.3, -0.25) is 9.59 Å². The molecule has 1 aliphatic rings. The summed E-state index contributed by atoms with van der Waals surface area (Å²) in [5, 5.41) is 18.0. The van der Waals surface area contributed by atoms with Gasteiger partial charge in [0.25, 0.3) is 0 Å². The van der Waals surface area contributed by atoms with Crippen molar-refractivity contribution in [2.24, 2.45) is 5.92 Å². The maximum absolute atomic E-state index is 12.2. The SMILES string of the molecule is O=C(O)CC1CCCN(C(=O)Cc2ccc(O)cc2)C1. The molecule has 1 unspecified atom stereocenters. The molecule has 20 heavy (non-hydrogen) atoms. The van der Waals surface area contributed by atoms with Crippen LogP contribution >= 0.6 is 0 Å². The van der Waals surface area contributed by atoms with Gasteiger partial charge in [0, 0.05) is 19.5 Å². The van der Waals surface area contributed by atoms with Crippen LogP contribution in [-0.4, -0.2) is 40.1 Å². The number of carbonyl (C=O) groups excluding carboxylic acids is 1. The fourth-order valence-corrected chi connectivity index (χ4v) is 2.61. The molecule has 0 bridgehead atoms. The summed E-state index contributed by atoms with van der Waals surface area (Å²) < 4.78 is 0. The Kier molecular flexibility index (Phi) is 4.61. The van der Waals surface area contributed by atoms with E-state index in [2.05, 4.69) is 0 Å². The average Bonchev–Trinajstić information content (AvgIpc) is 2.41. The molecule has 0 aromatic heterocycles. The van der Waals surface area contributed by atoms with Crippen molar-refractivity contribution < 1.29 is 19.8 Å². The first-order valence-electron chi connectivity index (χ1n) is 6.82. The van der Waals surface area contributed by atoms with Gasteiger partial charge in [0.05, 0.1) is 6.42 Å². The number of phenolic OH excluding ortho intramolecular Hbond substituents is 1. The standard InChI is InChI=1S/C15H19NO4/c17-13-5-3-11(4-6-13)8-14(18)16-7-1-2-12(10-16)9-15(19)20/h3-6,12,17H,1-2,7-10H2,(H,19,20). The lowest BCUT2D eigenvalue weighted by Crippen LogP contribution is -2.41. The number of carboxylic acid groups (broad SMARTS) is 1. The zero-order valence-corrected chi connectivity index (χ0v) is 11.3. The number of carboxylic acids is 1. The molecule has 0 spiro atoms. The molecule has 1 heterocycles. The normalized spacial score (nSPS) is 18.8. The predicted octanol–water partition coefficient (Wildman–Crippen LogP) is 1.65. The molecular weight excluding hydrogens is 258 g/mol. The molecule has 1 aromatic carbocycles. The van der Waals surface area contributed by atoms with Gasteiger partial charge >= 0.3 is 5.97 Å².